The molecule has 28 heavy (non-hydrogen) atoms. The summed E-state index contributed by atoms with van der Waals surface area (Å²) in [6.45, 7) is -0.457. The number of esters is 1. The van der Waals surface area contributed by atoms with E-state index in [0.29, 0.717) is 17.1 Å². The van der Waals surface area contributed by atoms with Gasteiger partial charge < -0.3 is 14.8 Å². The van der Waals surface area contributed by atoms with Gasteiger partial charge in [-0.1, -0.05) is 6.07 Å². The maximum Gasteiger partial charge on any atom is 0.338 e. The number of ether oxygens (including phenoxy) is 2. The Labute approximate surface area is 161 Å². The van der Waals surface area contributed by atoms with Crippen molar-refractivity contribution in [1.29, 1.82) is 0 Å². The minimum atomic E-state index is -0.689. The second-order valence-corrected chi connectivity index (χ2v) is 6.03. The van der Waals surface area contributed by atoms with E-state index >= 15 is 0 Å². The summed E-state index contributed by atoms with van der Waals surface area (Å²) in [7, 11) is 1.52. The summed E-state index contributed by atoms with van der Waals surface area (Å²) in [5.41, 5.74) is 1.13. The van der Waals surface area contributed by atoms with Crippen LogP contribution in [0, 0.1) is 0 Å². The Hall–Kier alpha value is -3.68. The first kappa shape index (κ1) is 19.1. The molecule has 0 saturated carbocycles. The molecule has 1 heterocycles. The van der Waals surface area contributed by atoms with Gasteiger partial charge in [0.1, 0.15) is 5.75 Å². The lowest BCUT2D eigenvalue weighted by Gasteiger charge is -2.14. The van der Waals surface area contributed by atoms with E-state index in [9.17, 15) is 19.2 Å². The third kappa shape index (κ3) is 4.35. The van der Waals surface area contributed by atoms with Crippen LogP contribution in [0.2, 0.25) is 0 Å². The molecule has 1 fully saturated rings. The molecule has 0 atom stereocenters. The summed E-state index contributed by atoms with van der Waals surface area (Å²) >= 11 is 0. The second-order valence-electron chi connectivity index (χ2n) is 6.03. The minimum Gasteiger partial charge on any atom is -0.497 e. The van der Waals surface area contributed by atoms with Gasteiger partial charge >= 0.3 is 5.97 Å². The molecule has 8 nitrogen and oxygen atoms in total. The number of hydrogen-bond acceptors (Lipinski definition) is 6. The largest absolute Gasteiger partial charge is 0.497 e. The van der Waals surface area contributed by atoms with E-state index in [1.165, 1.54) is 31.4 Å². The first-order chi connectivity index (χ1) is 13.5. The van der Waals surface area contributed by atoms with Crippen molar-refractivity contribution in [1.82, 2.24) is 0 Å². The molecule has 0 radical (unpaired) electrons. The molecular formula is C20H18N2O6. The van der Waals surface area contributed by atoms with Crippen LogP contribution in [-0.4, -0.2) is 37.4 Å². The van der Waals surface area contributed by atoms with E-state index in [4.69, 9.17) is 9.47 Å². The van der Waals surface area contributed by atoms with Gasteiger partial charge in [0, 0.05) is 24.6 Å². The first-order valence-corrected chi connectivity index (χ1v) is 8.55. The van der Waals surface area contributed by atoms with Crippen molar-refractivity contribution in [2.45, 2.75) is 12.8 Å². The van der Waals surface area contributed by atoms with Crippen LogP contribution in [0.4, 0.5) is 11.4 Å². The number of carbonyl (C=O) groups excluding carboxylic acids is 4. The molecule has 3 amide bonds. The highest BCUT2D eigenvalue weighted by Gasteiger charge is 2.30. The van der Waals surface area contributed by atoms with Crippen LogP contribution in [0.3, 0.4) is 0 Å². The number of rotatable bonds is 6. The minimum absolute atomic E-state index is 0.186. The van der Waals surface area contributed by atoms with Crippen molar-refractivity contribution in [3.05, 3.63) is 54.1 Å². The number of nitrogens with one attached hydrogen (secondary N) is 1. The van der Waals surface area contributed by atoms with Crippen LogP contribution >= 0.6 is 0 Å². The highest BCUT2D eigenvalue weighted by atomic mass is 16.5. The third-order valence-electron chi connectivity index (χ3n) is 4.10. The molecule has 0 aliphatic carbocycles. The van der Waals surface area contributed by atoms with E-state index in [2.05, 4.69) is 5.32 Å². The van der Waals surface area contributed by atoms with Gasteiger partial charge in [-0.25, -0.2) is 4.79 Å². The number of benzene rings is 2. The smallest absolute Gasteiger partial charge is 0.338 e. The summed E-state index contributed by atoms with van der Waals surface area (Å²) in [6, 6.07) is 12.6. The van der Waals surface area contributed by atoms with Crippen LogP contribution in [0.1, 0.15) is 23.2 Å². The first-order valence-electron chi connectivity index (χ1n) is 8.55. The van der Waals surface area contributed by atoms with Gasteiger partial charge in [-0.2, -0.15) is 0 Å². The monoisotopic (exact) mass is 382 g/mol. The topological polar surface area (TPSA) is 102 Å². The Balaban J connectivity index is 1.55. The fourth-order valence-corrected chi connectivity index (χ4v) is 2.72. The number of anilines is 2. The van der Waals surface area contributed by atoms with Crippen molar-refractivity contribution in [2.24, 2.45) is 0 Å². The molecule has 3 rings (SSSR count). The number of nitrogens with zero attached hydrogens (tertiary/aromatic N) is 1. The van der Waals surface area contributed by atoms with Crippen LogP contribution in [0.15, 0.2) is 48.5 Å². The van der Waals surface area contributed by atoms with Gasteiger partial charge in [0.05, 0.1) is 18.4 Å². The molecule has 0 aromatic heterocycles. The fourth-order valence-electron chi connectivity index (χ4n) is 2.72. The van der Waals surface area contributed by atoms with Gasteiger partial charge in [-0.15, -0.1) is 0 Å². The van der Waals surface area contributed by atoms with Crippen molar-refractivity contribution in [3.63, 3.8) is 0 Å². The van der Waals surface area contributed by atoms with Crippen LogP contribution in [0.5, 0.6) is 5.75 Å². The zero-order chi connectivity index (χ0) is 20.1. The number of imide groups is 1. The van der Waals surface area contributed by atoms with E-state index in [1.807, 2.05) is 0 Å². The fraction of sp³-hybridized carbons (Fsp3) is 0.200. The maximum absolute atomic E-state index is 12.1. The highest BCUT2D eigenvalue weighted by molar-refractivity contribution is 6.19. The van der Waals surface area contributed by atoms with Crippen LogP contribution in [0.25, 0.3) is 0 Å². The summed E-state index contributed by atoms with van der Waals surface area (Å²) in [6.07, 6.45) is 0.371. The predicted molar refractivity (Wildman–Crippen MR) is 100 cm³/mol. The highest BCUT2D eigenvalue weighted by Crippen LogP contribution is 2.23. The average molecular weight is 382 g/mol. The SMILES string of the molecule is COc1cccc(NC(=O)COC(=O)c2ccc(N3C(=O)CCC3=O)cc2)c1. The number of methoxy groups -OCH3 is 1. The Morgan fingerprint density at radius 2 is 1.71 bits per heavy atom. The van der Waals surface area contributed by atoms with E-state index in [-0.39, 0.29) is 30.2 Å². The van der Waals surface area contributed by atoms with Gasteiger partial charge in [0.15, 0.2) is 6.61 Å². The molecule has 1 N–H and O–H groups in total. The molecular weight excluding hydrogens is 364 g/mol. The molecule has 1 aliphatic heterocycles. The molecule has 1 aliphatic rings. The Bertz CT molecular complexity index is 907. The molecule has 8 heteroatoms. The van der Waals surface area contributed by atoms with Gasteiger partial charge in [-0.05, 0) is 36.4 Å². The summed E-state index contributed by atoms with van der Waals surface area (Å²) in [4.78, 5) is 48.6. The molecule has 2 aromatic rings. The second kappa shape index (κ2) is 8.34. The van der Waals surface area contributed by atoms with Crippen LogP contribution in [-0.2, 0) is 19.1 Å². The van der Waals surface area contributed by atoms with Crippen molar-refractivity contribution in [3.8, 4) is 5.75 Å². The third-order valence-corrected chi connectivity index (χ3v) is 4.10. The molecule has 1 saturated heterocycles. The summed E-state index contributed by atoms with van der Waals surface area (Å²) in [5.74, 6) is -1.13. The molecule has 0 bridgehead atoms. The number of carbonyl (C=O) groups is 4. The van der Waals surface area contributed by atoms with E-state index in [0.717, 1.165) is 4.90 Å². The standard InChI is InChI=1S/C20H18N2O6/c1-27-16-4-2-3-14(11-16)21-17(23)12-28-20(26)13-5-7-15(8-6-13)22-18(24)9-10-19(22)25/h2-8,11H,9-10,12H2,1H3,(H,21,23). The van der Waals surface area contributed by atoms with Crippen molar-refractivity contribution in [2.75, 3.05) is 23.9 Å². The van der Waals surface area contributed by atoms with Crippen LogP contribution < -0.4 is 15.0 Å². The van der Waals surface area contributed by atoms with Crippen molar-refractivity contribution < 1.29 is 28.7 Å². The summed E-state index contributed by atoms with van der Waals surface area (Å²) < 4.78 is 10.1. The lowest BCUT2D eigenvalue weighted by Crippen LogP contribution is -2.28. The van der Waals surface area contributed by atoms with Gasteiger partial charge in [0.2, 0.25) is 11.8 Å². The normalized spacial score (nSPS) is 13.4. The quantitative estimate of drug-likeness (QED) is 0.607. The van der Waals surface area contributed by atoms with E-state index < -0.39 is 18.5 Å². The maximum atomic E-state index is 12.1. The Morgan fingerprint density at radius 1 is 1.04 bits per heavy atom. The predicted octanol–water partition coefficient (Wildman–Crippen LogP) is 2.14. The molecule has 0 unspecified atom stereocenters. The van der Waals surface area contributed by atoms with Crippen molar-refractivity contribution >= 4 is 35.1 Å². The lowest BCUT2D eigenvalue weighted by atomic mass is 10.2. The molecule has 2 aromatic carbocycles. The Morgan fingerprint density at radius 3 is 2.36 bits per heavy atom. The number of hydrogen-bond donors (Lipinski definition) is 1. The average Bonchev–Trinajstić information content (AvgIpc) is 3.04. The zero-order valence-electron chi connectivity index (χ0n) is 15.1. The zero-order valence-corrected chi connectivity index (χ0v) is 15.1. The van der Waals surface area contributed by atoms with Gasteiger partial charge in [0.25, 0.3) is 5.91 Å². The van der Waals surface area contributed by atoms with Gasteiger partial charge in [-0.3, -0.25) is 19.3 Å². The number of amides is 3. The molecule has 144 valence electrons. The molecule has 0 spiro atoms. The lowest BCUT2D eigenvalue weighted by molar-refractivity contribution is -0.121. The summed E-state index contributed by atoms with van der Waals surface area (Å²) in [5, 5.41) is 2.60. The Kier molecular flexibility index (Phi) is 5.69. The van der Waals surface area contributed by atoms with E-state index in [1.54, 1.807) is 24.3 Å².